The summed E-state index contributed by atoms with van der Waals surface area (Å²) >= 11 is 0. The van der Waals surface area contributed by atoms with Crippen molar-refractivity contribution in [1.82, 2.24) is 10.6 Å². The van der Waals surface area contributed by atoms with Crippen LogP contribution in [0.3, 0.4) is 0 Å². The Bertz CT molecular complexity index is 1130. The average Bonchev–Trinajstić information content (AvgIpc) is 3.18. The number of fused-ring (bicyclic) bond motifs is 1. The van der Waals surface area contributed by atoms with E-state index in [0.29, 0.717) is 16.5 Å². The summed E-state index contributed by atoms with van der Waals surface area (Å²) in [7, 11) is 0. The monoisotopic (exact) mass is 454 g/mol. The van der Waals surface area contributed by atoms with Crippen LogP contribution in [-0.4, -0.2) is 43.7 Å². The number of carbonyl (C=O) groups excluding carboxylic acids is 1. The minimum absolute atomic E-state index is 0.00681. The molecule has 5 nitrogen and oxygen atoms in total. The summed E-state index contributed by atoms with van der Waals surface area (Å²) in [5, 5.41) is 5.61. The Morgan fingerprint density at radius 2 is 1.91 bits per heavy atom. The Kier molecular flexibility index (Phi) is 5.81. The van der Waals surface area contributed by atoms with E-state index in [1.165, 1.54) is 18.2 Å². The predicted molar refractivity (Wildman–Crippen MR) is 107 cm³/mol. The second-order valence-electron chi connectivity index (χ2n) is 7.48. The summed E-state index contributed by atoms with van der Waals surface area (Å²) in [6.45, 7) is -1.38. The molecule has 0 spiro atoms. The molecular weight excluding hydrogens is 435 g/mol. The third-order valence-electron chi connectivity index (χ3n) is 5.14. The highest BCUT2D eigenvalue weighted by Gasteiger charge is 2.42. The van der Waals surface area contributed by atoms with Crippen LogP contribution < -0.4 is 15.4 Å². The van der Waals surface area contributed by atoms with Crippen molar-refractivity contribution in [3.8, 4) is 16.9 Å². The van der Waals surface area contributed by atoms with E-state index in [1.807, 2.05) is 0 Å². The van der Waals surface area contributed by atoms with Crippen molar-refractivity contribution in [1.29, 1.82) is 0 Å². The first-order chi connectivity index (χ1) is 15.1. The molecule has 1 amide bonds. The summed E-state index contributed by atoms with van der Waals surface area (Å²) in [5.41, 5.74) is 0.977. The van der Waals surface area contributed by atoms with E-state index in [0.717, 1.165) is 0 Å². The molecular formula is C22H19F5N2O3. The number of piperidine rings is 1. The van der Waals surface area contributed by atoms with E-state index in [1.54, 1.807) is 30.3 Å². The first-order valence-electron chi connectivity index (χ1n) is 9.85. The Balaban J connectivity index is 1.64. The molecule has 4 rings (SSSR count). The Morgan fingerprint density at radius 1 is 1.16 bits per heavy atom. The number of amides is 1. The number of ether oxygens (including phenoxy) is 1. The number of para-hydroxylation sites is 2. The van der Waals surface area contributed by atoms with Gasteiger partial charge in [-0.3, -0.25) is 4.79 Å². The van der Waals surface area contributed by atoms with Gasteiger partial charge in [-0.15, -0.1) is 0 Å². The highest BCUT2D eigenvalue weighted by atomic mass is 19.4. The minimum atomic E-state index is -4.51. The molecule has 170 valence electrons. The number of alkyl halides is 5. The Hall–Kier alpha value is -3.14. The molecule has 1 unspecified atom stereocenters. The number of benzene rings is 2. The normalized spacial score (nSPS) is 18.5. The van der Waals surface area contributed by atoms with Crippen molar-refractivity contribution in [3.05, 3.63) is 54.3 Å². The topological polar surface area (TPSA) is 63.5 Å². The first kappa shape index (κ1) is 22.1. The molecule has 1 fully saturated rings. The molecule has 1 aliphatic rings. The fourth-order valence-corrected chi connectivity index (χ4v) is 3.57. The van der Waals surface area contributed by atoms with Gasteiger partial charge < -0.3 is 19.8 Å². The molecule has 2 heterocycles. The van der Waals surface area contributed by atoms with E-state index in [-0.39, 0.29) is 30.2 Å². The number of rotatable bonds is 5. The largest absolute Gasteiger partial charge is 0.483 e. The highest BCUT2D eigenvalue weighted by molar-refractivity contribution is 6.00. The van der Waals surface area contributed by atoms with Crippen molar-refractivity contribution >= 4 is 16.9 Å². The second-order valence-corrected chi connectivity index (χ2v) is 7.48. The van der Waals surface area contributed by atoms with Gasteiger partial charge in [0.2, 0.25) is 0 Å². The van der Waals surface area contributed by atoms with Crippen LogP contribution in [0.15, 0.2) is 52.9 Å². The quantitative estimate of drug-likeness (QED) is 0.546. The standard InChI is InChI=1S/C22H19F5N2O3/c23-21(24)8-9-28-11-18(21)29-20(30)17-10-13-4-3-6-15(19(13)32-17)14-5-1-2-7-16(14)31-12-22(25,26)27/h1-7,10,18,28H,8-9,11-12H2,(H,29,30). The van der Waals surface area contributed by atoms with Gasteiger partial charge in [-0.05, 0) is 12.1 Å². The van der Waals surface area contributed by atoms with Gasteiger partial charge in [0, 0.05) is 36.0 Å². The number of furan rings is 1. The van der Waals surface area contributed by atoms with E-state index in [2.05, 4.69) is 10.6 Å². The lowest BCUT2D eigenvalue weighted by Crippen LogP contribution is -2.57. The molecule has 3 aromatic rings. The number of carbonyl (C=O) groups is 1. The van der Waals surface area contributed by atoms with Gasteiger partial charge in [0.05, 0.1) is 0 Å². The molecule has 10 heteroatoms. The zero-order chi connectivity index (χ0) is 22.9. The molecule has 2 N–H and O–H groups in total. The van der Waals surface area contributed by atoms with Gasteiger partial charge in [0.1, 0.15) is 17.4 Å². The van der Waals surface area contributed by atoms with Gasteiger partial charge >= 0.3 is 6.18 Å². The van der Waals surface area contributed by atoms with Gasteiger partial charge in [-0.1, -0.05) is 36.4 Å². The summed E-state index contributed by atoms with van der Waals surface area (Å²) in [4.78, 5) is 12.6. The zero-order valence-corrected chi connectivity index (χ0v) is 16.6. The first-order valence-corrected chi connectivity index (χ1v) is 9.85. The average molecular weight is 454 g/mol. The molecule has 1 saturated heterocycles. The summed E-state index contributed by atoms with van der Waals surface area (Å²) < 4.78 is 76.6. The smallest absolute Gasteiger partial charge is 0.422 e. The Labute approximate surface area is 179 Å². The predicted octanol–water partition coefficient (Wildman–Crippen LogP) is 4.77. The summed E-state index contributed by atoms with van der Waals surface area (Å²) in [6, 6.07) is 11.1. The number of nitrogens with one attached hydrogen (secondary N) is 2. The van der Waals surface area contributed by atoms with Crippen LogP contribution in [0.2, 0.25) is 0 Å². The maximum atomic E-state index is 14.1. The third-order valence-corrected chi connectivity index (χ3v) is 5.14. The van der Waals surface area contributed by atoms with Crippen molar-refractivity contribution in [2.24, 2.45) is 0 Å². The van der Waals surface area contributed by atoms with Crippen molar-refractivity contribution in [2.75, 3.05) is 19.7 Å². The fourth-order valence-electron chi connectivity index (χ4n) is 3.57. The highest BCUT2D eigenvalue weighted by Crippen LogP contribution is 2.37. The van der Waals surface area contributed by atoms with Crippen molar-refractivity contribution in [3.63, 3.8) is 0 Å². The molecule has 0 saturated carbocycles. The molecule has 32 heavy (non-hydrogen) atoms. The molecule has 1 aliphatic heterocycles. The number of halogens is 5. The van der Waals surface area contributed by atoms with Crippen LogP contribution in [0, 0.1) is 0 Å². The third kappa shape index (κ3) is 4.69. The van der Waals surface area contributed by atoms with Crippen molar-refractivity contribution < 1.29 is 35.9 Å². The molecule has 0 bridgehead atoms. The van der Waals surface area contributed by atoms with Crippen LogP contribution >= 0.6 is 0 Å². The summed E-state index contributed by atoms with van der Waals surface area (Å²) in [6.07, 6.45) is -4.90. The van der Waals surface area contributed by atoms with Crippen LogP contribution in [-0.2, 0) is 0 Å². The summed E-state index contributed by atoms with van der Waals surface area (Å²) in [5.74, 6) is -4.04. The minimum Gasteiger partial charge on any atom is -0.483 e. The van der Waals surface area contributed by atoms with Gasteiger partial charge in [-0.25, -0.2) is 8.78 Å². The maximum absolute atomic E-state index is 14.1. The van der Waals surface area contributed by atoms with Gasteiger partial charge in [0.25, 0.3) is 11.8 Å². The van der Waals surface area contributed by atoms with E-state index >= 15 is 0 Å². The SMILES string of the molecule is O=C(NC1CNCCC1(F)F)c1cc2cccc(-c3ccccc3OCC(F)(F)F)c2o1. The van der Waals surface area contributed by atoms with Crippen LogP contribution in [0.25, 0.3) is 22.1 Å². The number of hydrogen-bond acceptors (Lipinski definition) is 4. The zero-order valence-electron chi connectivity index (χ0n) is 16.6. The van der Waals surface area contributed by atoms with Gasteiger partial charge in [0.15, 0.2) is 12.4 Å². The maximum Gasteiger partial charge on any atom is 0.422 e. The molecule has 0 aliphatic carbocycles. The lowest BCUT2D eigenvalue weighted by Gasteiger charge is -2.32. The Morgan fingerprint density at radius 3 is 2.66 bits per heavy atom. The van der Waals surface area contributed by atoms with Crippen LogP contribution in [0.5, 0.6) is 5.75 Å². The van der Waals surface area contributed by atoms with E-state index in [9.17, 15) is 26.7 Å². The van der Waals surface area contributed by atoms with E-state index in [4.69, 9.17) is 9.15 Å². The van der Waals surface area contributed by atoms with Crippen LogP contribution in [0.1, 0.15) is 17.0 Å². The van der Waals surface area contributed by atoms with Crippen LogP contribution in [0.4, 0.5) is 22.0 Å². The van der Waals surface area contributed by atoms with Gasteiger partial charge in [-0.2, -0.15) is 13.2 Å². The lowest BCUT2D eigenvalue weighted by atomic mass is 10.0. The molecule has 2 aromatic carbocycles. The van der Waals surface area contributed by atoms with E-state index < -0.39 is 37.1 Å². The number of hydrogen-bond donors (Lipinski definition) is 2. The fraction of sp³-hybridized carbons (Fsp3) is 0.318. The van der Waals surface area contributed by atoms with Crippen molar-refractivity contribution in [2.45, 2.75) is 24.6 Å². The second kappa shape index (κ2) is 8.42. The molecule has 1 atom stereocenters. The molecule has 1 aromatic heterocycles. The molecule has 0 radical (unpaired) electrons. The lowest BCUT2D eigenvalue weighted by molar-refractivity contribution is -0.153.